The van der Waals surface area contributed by atoms with Crippen molar-refractivity contribution >= 4 is 25.6 Å². The molecule has 10 heteroatoms. The molecule has 0 amide bonds. The summed E-state index contributed by atoms with van der Waals surface area (Å²) in [6, 6.07) is 1.53. The van der Waals surface area contributed by atoms with E-state index in [0.717, 1.165) is 12.0 Å². The van der Waals surface area contributed by atoms with Crippen molar-refractivity contribution in [3.05, 3.63) is 22.7 Å². The van der Waals surface area contributed by atoms with Crippen molar-refractivity contribution in [1.29, 1.82) is 2.67 Å². The summed E-state index contributed by atoms with van der Waals surface area (Å²) in [7, 11) is 0.645. The second-order valence-corrected chi connectivity index (χ2v) is 5.70. The van der Waals surface area contributed by atoms with Gasteiger partial charge in [-0.3, -0.25) is 4.57 Å². The maximum absolute atomic E-state index is 12.1. The average molecular weight is 346 g/mol. The summed E-state index contributed by atoms with van der Waals surface area (Å²) in [6.45, 7) is 1.08. The van der Waals surface area contributed by atoms with Crippen molar-refractivity contribution in [3.8, 4) is 0 Å². The SMILES string of the molecule is [2H]B([3H])CSOC[C@@H]1CC(OCCOC)[C@H](n2ccc(N)nc2=O)O1. The van der Waals surface area contributed by atoms with Crippen molar-refractivity contribution in [3.63, 3.8) is 0 Å². The third kappa shape index (κ3) is 5.22. The molecule has 0 aliphatic carbocycles. The van der Waals surface area contributed by atoms with Gasteiger partial charge in [0.05, 0.1) is 25.9 Å². The summed E-state index contributed by atoms with van der Waals surface area (Å²) in [5, 5.41) is 0. The molecule has 2 heterocycles. The van der Waals surface area contributed by atoms with Crippen LogP contribution in [-0.4, -0.2) is 64.8 Å². The van der Waals surface area contributed by atoms with Crippen LogP contribution in [0.15, 0.2) is 17.1 Å². The van der Waals surface area contributed by atoms with E-state index in [-0.39, 0.29) is 30.3 Å². The van der Waals surface area contributed by atoms with Gasteiger partial charge in [0, 0.05) is 19.7 Å². The first-order valence-electron chi connectivity index (χ1n) is 8.36. The Kier molecular flexibility index (Phi) is 6.24. The number of ether oxygens (including phenoxy) is 3. The number of anilines is 1. The van der Waals surface area contributed by atoms with Crippen LogP contribution in [0.3, 0.4) is 0 Å². The van der Waals surface area contributed by atoms with Crippen molar-refractivity contribution in [1.82, 2.24) is 9.55 Å². The maximum atomic E-state index is 12.1. The molecular formula is C13H22BN3O5S. The zero-order valence-corrected chi connectivity index (χ0v) is 13.7. The summed E-state index contributed by atoms with van der Waals surface area (Å²) >= 11 is 1.06. The number of nitrogens with zero attached hydrogens (tertiary/aromatic N) is 2. The third-order valence-corrected chi connectivity index (χ3v) is 3.73. The molecule has 1 aromatic heterocycles. The van der Waals surface area contributed by atoms with Gasteiger partial charge in [-0.25, -0.2) is 4.79 Å². The molecule has 1 aliphatic heterocycles. The number of nitrogens with two attached hydrogens (primary N) is 1. The van der Waals surface area contributed by atoms with Crippen molar-refractivity contribution in [2.24, 2.45) is 0 Å². The molecular weight excluding hydrogens is 321 g/mol. The van der Waals surface area contributed by atoms with Crippen LogP contribution in [0.5, 0.6) is 0 Å². The van der Waals surface area contributed by atoms with E-state index in [9.17, 15) is 4.79 Å². The van der Waals surface area contributed by atoms with Crippen LogP contribution in [0.25, 0.3) is 0 Å². The molecule has 128 valence electrons. The molecule has 2 rings (SSSR count). The Balaban J connectivity index is 1.99. The van der Waals surface area contributed by atoms with Gasteiger partial charge in [0.2, 0.25) is 0 Å². The van der Waals surface area contributed by atoms with Crippen molar-refractivity contribution in [2.45, 2.75) is 24.9 Å². The highest BCUT2D eigenvalue weighted by atomic mass is 32.2. The van der Waals surface area contributed by atoms with Crippen LogP contribution in [-0.2, 0) is 18.4 Å². The van der Waals surface area contributed by atoms with E-state index in [1.165, 1.54) is 16.8 Å². The Bertz CT molecular complexity index is 597. The lowest BCUT2D eigenvalue weighted by Gasteiger charge is -2.20. The van der Waals surface area contributed by atoms with E-state index >= 15 is 0 Å². The minimum atomic E-state index is -0.938. The molecule has 1 aliphatic rings. The molecule has 23 heavy (non-hydrogen) atoms. The van der Waals surface area contributed by atoms with Gasteiger partial charge in [-0.2, -0.15) is 4.98 Å². The van der Waals surface area contributed by atoms with E-state index in [0.29, 0.717) is 19.6 Å². The summed E-state index contributed by atoms with van der Waals surface area (Å²) in [4.78, 5) is 15.8. The van der Waals surface area contributed by atoms with Gasteiger partial charge in [-0.15, -0.1) is 0 Å². The van der Waals surface area contributed by atoms with Crippen LogP contribution in [0, 0.1) is 0 Å². The van der Waals surface area contributed by atoms with Gasteiger partial charge >= 0.3 is 5.69 Å². The second-order valence-electron chi connectivity index (χ2n) is 4.90. The second kappa shape index (κ2) is 9.28. The first-order valence-corrected chi connectivity index (χ1v) is 8.12. The normalized spacial score (nSPS) is 25.2. The van der Waals surface area contributed by atoms with Gasteiger partial charge in [0.1, 0.15) is 19.7 Å². The van der Waals surface area contributed by atoms with Crippen LogP contribution >= 0.6 is 12.0 Å². The molecule has 0 saturated carbocycles. The third-order valence-electron chi connectivity index (χ3n) is 3.30. The number of hydrogen-bond donors (Lipinski definition) is 1. The average Bonchev–Trinajstić information content (AvgIpc) is 2.94. The topological polar surface area (TPSA) is 97.8 Å². The van der Waals surface area contributed by atoms with Gasteiger partial charge < -0.3 is 24.1 Å². The standard InChI is InChI=1S/C13H22BN3O5S/c1-19-4-5-20-10-6-9(7-21-23-8-14)22-12(10)17-3-2-11(15)16-13(17)18/h2-3,9-10,12H,4-8,14H2,1H3,(H2,15,16,18)/t9-,10?,12+/m0/s1/i14TD. The van der Waals surface area contributed by atoms with Gasteiger partial charge in [-0.1, -0.05) is 0 Å². The fourth-order valence-electron chi connectivity index (χ4n) is 2.29. The van der Waals surface area contributed by atoms with Crippen molar-refractivity contribution in [2.75, 3.05) is 38.3 Å². The summed E-state index contributed by atoms with van der Waals surface area (Å²) in [6.07, 6.45) is 0.819. The number of methoxy groups -OCH3 is 1. The Hall–Kier alpha value is -1.07. The highest BCUT2D eigenvalue weighted by Gasteiger charge is 2.38. The zero-order chi connectivity index (χ0) is 18.2. The van der Waals surface area contributed by atoms with Crippen LogP contribution in [0.4, 0.5) is 5.82 Å². The lowest BCUT2D eigenvalue weighted by Crippen LogP contribution is -2.33. The van der Waals surface area contributed by atoms with Crippen LogP contribution in [0.2, 0.25) is 0 Å². The number of hydrogen-bond acceptors (Lipinski definition) is 8. The minimum absolute atomic E-state index is 0.146. The Morgan fingerprint density at radius 1 is 1.74 bits per heavy atom. The van der Waals surface area contributed by atoms with Crippen LogP contribution in [0.1, 0.15) is 12.6 Å². The molecule has 8 nitrogen and oxygen atoms in total. The Morgan fingerprint density at radius 3 is 3.35 bits per heavy atom. The van der Waals surface area contributed by atoms with E-state index in [2.05, 4.69) is 4.98 Å². The zero-order valence-electron chi connectivity index (χ0n) is 14.9. The molecule has 1 fully saturated rings. The predicted octanol–water partition coefficient (Wildman–Crippen LogP) is -0.600. The lowest BCUT2D eigenvalue weighted by molar-refractivity contribution is -0.0764. The highest BCUT2D eigenvalue weighted by molar-refractivity contribution is 7.95. The van der Waals surface area contributed by atoms with Crippen LogP contribution < -0.4 is 11.4 Å². The first kappa shape index (κ1) is 15.5. The first-order chi connectivity index (χ1) is 12.0. The smallest absolute Gasteiger partial charge is 0.351 e. The maximum Gasteiger partial charge on any atom is 0.351 e. The van der Waals surface area contributed by atoms with E-state index in [1.807, 2.05) is 0 Å². The summed E-state index contributed by atoms with van der Waals surface area (Å²) in [5.41, 5.74) is 5.27. The summed E-state index contributed by atoms with van der Waals surface area (Å²) in [5.74, 6) is 0.146. The summed E-state index contributed by atoms with van der Waals surface area (Å²) < 4.78 is 37.7. The van der Waals surface area contributed by atoms with E-state index in [1.54, 1.807) is 7.11 Å². The molecule has 2 N–H and O–H groups in total. The van der Waals surface area contributed by atoms with E-state index in [4.69, 9.17) is 26.8 Å². The highest BCUT2D eigenvalue weighted by Crippen LogP contribution is 2.31. The lowest BCUT2D eigenvalue weighted by atomic mass is 10.2. The van der Waals surface area contributed by atoms with Gasteiger partial charge in [0.15, 0.2) is 6.23 Å². The monoisotopic (exact) mass is 346 g/mol. The molecule has 0 aromatic carbocycles. The van der Waals surface area contributed by atoms with Gasteiger partial charge in [-0.05, 0) is 26.4 Å². The number of rotatable bonds is 10. The fraction of sp³-hybridized carbons (Fsp3) is 0.692. The molecule has 1 unspecified atom stereocenters. The van der Waals surface area contributed by atoms with Gasteiger partial charge in [0.25, 0.3) is 0 Å². The molecule has 0 radical (unpaired) electrons. The predicted molar refractivity (Wildman–Crippen MR) is 90.0 cm³/mol. The largest absolute Gasteiger partial charge is 0.383 e. The molecule has 1 aromatic rings. The molecule has 1 saturated heterocycles. The quantitative estimate of drug-likeness (QED) is 0.341. The van der Waals surface area contributed by atoms with E-state index < -0.39 is 19.7 Å². The van der Waals surface area contributed by atoms with Crippen molar-refractivity contribution < 1.29 is 18.4 Å². The minimum Gasteiger partial charge on any atom is -0.383 e. The molecule has 0 spiro atoms. The Morgan fingerprint density at radius 2 is 2.61 bits per heavy atom. The number of nitrogen functional groups attached to an aromatic ring is 1. The Labute approximate surface area is 143 Å². The molecule has 0 bridgehead atoms. The fourth-order valence-corrected chi connectivity index (χ4v) is 2.64. The molecule has 3 atom stereocenters. The number of aromatic nitrogens is 2.